The Hall–Kier alpha value is 0.110. The highest BCUT2D eigenvalue weighted by Gasteiger charge is 2.12. The number of halogens is 2. The maximum Gasteiger partial charge on any atom is 0.0595 e. The second-order valence-corrected chi connectivity index (χ2v) is 6.06. The lowest BCUT2D eigenvalue weighted by Crippen LogP contribution is -2.31. The molecule has 0 unspecified atom stereocenters. The van der Waals surface area contributed by atoms with Gasteiger partial charge in [-0.15, -0.1) is 0 Å². The minimum atomic E-state index is 0.625. The van der Waals surface area contributed by atoms with Crippen LogP contribution in [0.3, 0.4) is 0 Å². The molecule has 1 heterocycles. The highest BCUT2D eigenvalue weighted by Crippen LogP contribution is 2.23. The molecule has 1 aromatic carbocycles. The van der Waals surface area contributed by atoms with Crippen LogP contribution in [0.5, 0.6) is 0 Å². The van der Waals surface area contributed by atoms with E-state index in [0.29, 0.717) is 16.1 Å². The van der Waals surface area contributed by atoms with Gasteiger partial charge in [0.25, 0.3) is 0 Å². The topological polar surface area (TPSA) is 12.0 Å². The Balaban J connectivity index is 1.86. The molecule has 2 rings (SSSR count). The molecule has 0 radical (unpaired) electrons. The zero-order valence-electron chi connectivity index (χ0n) is 9.01. The maximum absolute atomic E-state index is 5.97. The van der Waals surface area contributed by atoms with Crippen molar-refractivity contribution in [2.75, 3.05) is 11.5 Å². The lowest BCUT2D eigenvalue weighted by Gasteiger charge is -2.22. The van der Waals surface area contributed by atoms with E-state index in [4.69, 9.17) is 23.2 Å². The molecule has 16 heavy (non-hydrogen) atoms. The van der Waals surface area contributed by atoms with Gasteiger partial charge in [-0.1, -0.05) is 29.3 Å². The third-order valence-electron chi connectivity index (χ3n) is 2.80. The van der Waals surface area contributed by atoms with Gasteiger partial charge in [0.1, 0.15) is 0 Å². The minimum Gasteiger partial charge on any atom is -0.310 e. The molecule has 0 saturated carbocycles. The fraction of sp³-hybridized carbons (Fsp3) is 0.500. The van der Waals surface area contributed by atoms with Crippen LogP contribution in [-0.4, -0.2) is 17.5 Å². The van der Waals surface area contributed by atoms with Gasteiger partial charge in [-0.05, 0) is 42.0 Å². The van der Waals surface area contributed by atoms with Crippen LogP contribution in [0.15, 0.2) is 18.2 Å². The van der Waals surface area contributed by atoms with Crippen LogP contribution < -0.4 is 5.32 Å². The Morgan fingerprint density at radius 1 is 1.19 bits per heavy atom. The van der Waals surface area contributed by atoms with Crippen molar-refractivity contribution in [2.24, 2.45) is 0 Å². The standard InChI is InChI=1S/C12H15Cl2NS/c13-11-2-1-9(7-12(11)14)8-15-10-3-5-16-6-4-10/h1-2,7,10,15H,3-6,8H2. The fourth-order valence-electron chi connectivity index (χ4n) is 1.81. The molecule has 1 N–H and O–H groups in total. The molecule has 4 heteroatoms. The summed E-state index contributed by atoms with van der Waals surface area (Å²) in [6, 6.07) is 6.49. The van der Waals surface area contributed by atoms with Gasteiger partial charge in [0.2, 0.25) is 0 Å². The van der Waals surface area contributed by atoms with Crippen LogP contribution in [0.4, 0.5) is 0 Å². The van der Waals surface area contributed by atoms with Crippen molar-refractivity contribution in [1.82, 2.24) is 5.32 Å². The third kappa shape index (κ3) is 3.56. The Bertz CT molecular complexity index is 351. The summed E-state index contributed by atoms with van der Waals surface area (Å²) in [5, 5.41) is 4.83. The van der Waals surface area contributed by atoms with E-state index >= 15 is 0 Å². The van der Waals surface area contributed by atoms with E-state index in [1.807, 2.05) is 30.0 Å². The summed E-state index contributed by atoms with van der Waals surface area (Å²) >= 11 is 13.9. The largest absolute Gasteiger partial charge is 0.310 e. The van der Waals surface area contributed by atoms with E-state index in [2.05, 4.69) is 5.32 Å². The number of rotatable bonds is 3. The molecule has 0 amide bonds. The molecule has 1 aliphatic rings. The molecule has 0 spiro atoms. The van der Waals surface area contributed by atoms with E-state index in [0.717, 1.165) is 6.54 Å². The van der Waals surface area contributed by atoms with E-state index in [9.17, 15) is 0 Å². The second-order valence-electron chi connectivity index (χ2n) is 4.02. The monoisotopic (exact) mass is 275 g/mol. The normalized spacial score (nSPS) is 17.6. The molecule has 0 atom stereocenters. The summed E-state index contributed by atoms with van der Waals surface area (Å²) in [6.07, 6.45) is 2.54. The zero-order valence-corrected chi connectivity index (χ0v) is 11.3. The van der Waals surface area contributed by atoms with E-state index < -0.39 is 0 Å². The number of benzene rings is 1. The Morgan fingerprint density at radius 2 is 1.94 bits per heavy atom. The Kier molecular flexibility index (Phi) is 4.83. The number of hydrogen-bond donors (Lipinski definition) is 1. The smallest absolute Gasteiger partial charge is 0.0595 e. The van der Waals surface area contributed by atoms with Gasteiger partial charge in [0, 0.05) is 12.6 Å². The molecule has 1 nitrogen and oxygen atoms in total. The first-order valence-electron chi connectivity index (χ1n) is 5.51. The van der Waals surface area contributed by atoms with Gasteiger partial charge < -0.3 is 5.32 Å². The highest BCUT2D eigenvalue weighted by molar-refractivity contribution is 7.99. The van der Waals surface area contributed by atoms with Crippen LogP contribution in [0, 0.1) is 0 Å². The SMILES string of the molecule is Clc1ccc(CNC2CCSCC2)cc1Cl. The van der Waals surface area contributed by atoms with Crippen molar-refractivity contribution in [2.45, 2.75) is 25.4 Å². The summed E-state index contributed by atoms with van der Waals surface area (Å²) in [5.74, 6) is 2.55. The van der Waals surface area contributed by atoms with Crippen molar-refractivity contribution >= 4 is 35.0 Å². The number of thioether (sulfide) groups is 1. The van der Waals surface area contributed by atoms with Crippen LogP contribution in [0.25, 0.3) is 0 Å². The fourth-order valence-corrected chi connectivity index (χ4v) is 3.24. The molecule has 0 bridgehead atoms. The molecular weight excluding hydrogens is 261 g/mol. The molecule has 88 valence electrons. The van der Waals surface area contributed by atoms with Crippen LogP contribution in [0.1, 0.15) is 18.4 Å². The average Bonchev–Trinajstić information content (AvgIpc) is 2.32. The van der Waals surface area contributed by atoms with Gasteiger partial charge in [0.15, 0.2) is 0 Å². The number of nitrogens with one attached hydrogen (secondary N) is 1. The van der Waals surface area contributed by atoms with Crippen LogP contribution in [-0.2, 0) is 6.54 Å². The van der Waals surface area contributed by atoms with Gasteiger partial charge >= 0.3 is 0 Å². The predicted molar refractivity (Wildman–Crippen MR) is 73.6 cm³/mol. The lowest BCUT2D eigenvalue weighted by molar-refractivity contribution is 0.482. The van der Waals surface area contributed by atoms with E-state index in [-0.39, 0.29) is 0 Å². The van der Waals surface area contributed by atoms with Crippen LogP contribution in [0.2, 0.25) is 10.0 Å². The van der Waals surface area contributed by atoms with Gasteiger partial charge in [-0.25, -0.2) is 0 Å². The minimum absolute atomic E-state index is 0.625. The Labute approximate surface area is 111 Å². The molecule has 1 aromatic rings. The zero-order chi connectivity index (χ0) is 11.4. The first-order valence-corrected chi connectivity index (χ1v) is 7.42. The Morgan fingerprint density at radius 3 is 2.62 bits per heavy atom. The molecule has 1 saturated heterocycles. The van der Waals surface area contributed by atoms with Crippen molar-refractivity contribution in [3.8, 4) is 0 Å². The second kappa shape index (κ2) is 6.15. The number of hydrogen-bond acceptors (Lipinski definition) is 2. The maximum atomic E-state index is 5.97. The van der Waals surface area contributed by atoms with Gasteiger partial charge in [-0.2, -0.15) is 11.8 Å². The average molecular weight is 276 g/mol. The first-order chi connectivity index (χ1) is 7.75. The first kappa shape index (κ1) is 12.6. The van der Waals surface area contributed by atoms with Crippen molar-refractivity contribution in [3.05, 3.63) is 33.8 Å². The van der Waals surface area contributed by atoms with Crippen molar-refractivity contribution in [3.63, 3.8) is 0 Å². The van der Waals surface area contributed by atoms with E-state index in [1.165, 1.54) is 29.9 Å². The molecule has 0 aromatic heterocycles. The summed E-state index contributed by atoms with van der Waals surface area (Å²) in [4.78, 5) is 0. The molecule has 1 fully saturated rings. The van der Waals surface area contributed by atoms with E-state index in [1.54, 1.807) is 0 Å². The summed E-state index contributed by atoms with van der Waals surface area (Å²) in [6.45, 7) is 0.881. The predicted octanol–water partition coefficient (Wildman–Crippen LogP) is 3.98. The summed E-state index contributed by atoms with van der Waals surface area (Å²) in [7, 11) is 0. The highest BCUT2D eigenvalue weighted by atomic mass is 35.5. The van der Waals surface area contributed by atoms with Crippen LogP contribution >= 0.6 is 35.0 Å². The van der Waals surface area contributed by atoms with Gasteiger partial charge in [-0.3, -0.25) is 0 Å². The van der Waals surface area contributed by atoms with Gasteiger partial charge in [0.05, 0.1) is 10.0 Å². The van der Waals surface area contributed by atoms with Crippen molar-refractivity contribution in [1.29, 1.82) is 0 Å². The molecule has 0 aliphatic carbocycles. The summed E-state index contributed by atoms with van der Waals surface area (Å²) < 4.78 is 0. The summed E-state index contributed by atoms with van der Waals surface area (Å²) in [5.41, 5.74) is 1.20. The lowest BCUT2D eigenvalue weighted by atomic mass is 10.1. The van der Waals surface area contributed by atoms with Crippen molar-refractivity contribution < 1.29 is 0 Å². The molecular formula is C12H15Cl2NS. The quantitative estimate of drug-likeness (QED) is 0.896. The third-order valence-corrected chi connectivity index (χ3v) is 4.59. The molecule has 1 aliphatic heterocycles.